The molecule has 1 aromatic carbocycles. The summed E-state index contributed by atoms with van der Waals surface area (Å²) in [5.74, 6) is -1.05. The molecule has 6 heteroatoms. The molecule has 0 amide bonds. The molecule has 0 fully saturated rings. The minimum atomic E-state index is -1.05. The Labute approximate surface area is 120 Å². The van der Waals surface area contributed by atoms with Gasteiger partial charge in [0.05, 0.1) is 17.8 Å². The molecular weight excluding hydrogens is 268 g/mol. The lowest BCUT2D eigenvalue weighted by molar-refractivity contribution is 0.0691. The molecule has 2 heterocycles. The van der Waals surface area contributed by atoms with Gasteiger partial charge in [0, 0.05) is 17.3 Å². The SMILES string of the molecule is O=C(O)c1cc(NCc2ccncn2)c2ccccc2n1. The summed E-state index contributed by atoms with van der Waals surface area (Å²) < 4.78 is 0. The lowest BCUT2D eigenvalue weighted by Gasteiger charge is -2.10. The Hall–Kier alpha value is -3.02. The highest BCUT2D eigenvalue weighted by molar-refractivity contribution is 5.97. The van der Waals surface area contributed by atoms with Gasteiger partial charge in [0.2, 0.25) is 0 Å². The number of carbonyl (C=O) groups is 1. The smallest absolute Gasteiger partial charge is 0.354 e. The standard InChI is InChI=1S/C15H12N4O2/c20-15(21)14-7-13(11-3-1-2-4-12(11)19-14)17-8-10-5-6-16-9-18-10/h1-7,9H,8H2,(H,17,19)(H,20,21). The van der Waals surface area contributed by atoms with Crippen LogP contribution in [0.15, 0.2) is 48.9 Å². The number of nitrogens with zero attached hydrogens (tertiary/aromatic N) is 3. The lowest BCUT2D eigenvalue weighted by atomic mass is 10.1. The molecule has 3 aromatic rings. The van der Waals surface area contributed by atoms with Crippen LogP contribution in [0.2, 0.25) is 0 Å². The highest BCUT2D eigenvalue weighted by Crippen LogP contribution is 2.23. The van der Waals surface area contributed by atoms with Gasteiger partial charge in [-0.15, -0.1) is 0 Å². The van der Waals surface area contributed by atoms with E-state index in [2.05, 4.69) is 20.3 Å². The fraction of sp³-hybridized carbons (Fsp3) is 0.0667. The number of pyridine rings is 1. The number of para-hydroxylation sites is 1. The number of aromatic nitrogens is 3. The first-order valence-electron chi connectivity index (χ1n) is 6.36. The number of benzene rings is 1. The molecule has 21 heavy (non-hydrogen) atoms. The number of aromatic carboxylic acids is 1. The predicted octanol–water partition coefficient (Wildman–Crippen LogP) is 2.34. The quantitative estimate of drug-likeness (QED) is 0.762. The number of anilines is 1. The lowest BCUT2D eigenvalue weighted by Crippen LogP contribution is -2.06. The molecule has 0 saturated heterocycles. The van der Waals surface area contributed by atoms with Gasteiger partial charge in [0.25, 0.3) is 0 Å². The fourth-order valence-electron chi connectivity index (χ4n) is 2.04. The average molecular weight is 280 g/mol. The third-order valence-corrected chi connectivity index (χ3v) is 3.04. The molecule has 0 aliphatic carbocycles. The van der Waals surface area contributed by atoms with Crippen LogP contribution in [0.25, 0.3) is 10.9 Å². The van der Waals surface area contributed by atoms with Crippen LogP contribution in [-0.2, 0) is 6.54 Å². The van der Waals surface area contributed by atoms with E-state index in [4.69, 9.17) is 5.11 Å². The van der Waals surface area contributed by atoms with Gasteiger partial charge in [-0.05, 0) is 18.2 Å². The van der Waals surface area contributed by atoms with E-state index >= 15 is 0 Å². The summed E-state index contributed by atoms with van der Waals surface area (Å²) in [5.41, 5.74) is 2.20. The Morgan fingerprint density at radius 2 is 2.10 bits per heavy atom. The van der Waals surface area contributed by atoms with Crippen molar-refractivity contribution in [2.45, 2.75) is 6.54 Å². The van der Waals surface area contributed by atoms with Crippen molar-refractivity contribution in [3.63, 3.8) is 0 Å². The van der Waals surface area contributed by atoms with Crippen molar-refractivity contribution in [2.75, 3.05) is 5.32 Å². The van der Waals surface area contributed by atoms with Gasteiger partial charge in [-0.3, -0.25) is 0 Å². The first-order chi connectivity index (χ1) is 10.2. The van der Waals surface area contributed by atoms with Gasteiger partial charge in [0.15, 0.2) is 5.69 Å². The number of fused-ring (bicyclic) bond motifs is 1. The summed E-state index contributed by atoms with van der Waals surface area (Å²) in [6, 6.07) is 10.7. The molecule has 104 valence electrons. The third kappa shape index (κ3) is 2.79. The first-order valence-corrected chi connectivity index (χ1v) is 6.36. The van der Waals surface area contributed by atoms with E-state index in [1.54, 1.807) is 18.3 Å². The number of hydrogen-bond donors (Lipinski definition) is 2. The van der Waals surface area contributed by atoms with Crippen molar-refractivity contribution in [2.24, 2.45) is 0 Å². The zero-order valence-electron chi connectivity index (χ0n) is 11.0. The van der Waals surface area contributed by atoms with Gasteiger partial charge in [0.1, 0.15) is 6.33 Å². The molecular formula is C15H12N4O2. The maximum Gasteiger partial charge on any atom is 0.354 e. The Kier molecular flexibility index (Phi) is 3.42. The number of nitrogens with one attached hydrogen (secondary N) is 1. The molecule has 0 aliphatic rings. The van der Waals surface area contributed by atoms with Crippen LogP contribution < -0.4 is 5.32 Å². The largest absolute Gasteiger partial charge is 0.477 e. The zero-order valence-corrected chi connectivity index (χ0v) is 11.0. The van der Waals surface area contributed by atoms with Crippen molar-refractivity contribution in [3.05, 3.63) is 60.3 Å². The van der Waals surface area contributed by atoms with Crippen molar-refractivity contribution in [1.29, 1.82) is 0 Å². The number of carboxylic acids is 1. The predicted molar refractivity (Wildman–Crippen MR) is 78.1 cm³/mol. The van der Waals surface area contributed by atoms with Crippen LogP contribution in [-0.4, -0.2) is 26.0 Å². The number of carboxylic acid groups (broad SMARTS) is 1. The summed E-state index contributed by atoms with van der Waals surface area (Å²) in [4.78, 5) is 23.3. The molecule has 0 atom stereocenters. The van der Waals surface area contributed by atoms with Crippen LogP contribution in [0.4, 0.5) is 5.69 Å². The number of hydrogen-bond acceptors (Lipinski definition) is 5. The van der Waals surface area contributed by atoms with Gasteiger partial charge in [-0.25, -0.2) is 19.7 Å². The molecule has 0 spiro atoms. The van der Waals surface area contributed by atoms with Crippen LogP contribution in [0.1, 0.15) is 16.2 Å². The second kappa shape index (κ2) is 5.54. The maximum atomic E-state index is 11.2. The molecule has 2 N–H and O–H groups in total. The van der Waals surface area contributed by atoms with E-state index in [0.717, 1.165) is 16.8 Å². The van der Waals surface area contributed by atoms with Crippen LogP contribution >= 0.6 is 0 Å². The summed E-state index contributed by atoms with van der Waals surface area (Å²) >= 11 is 0. The van der Waals surface area contributed by atoms with Gasteiger partial charge < -0.3 is 10.4 Å². The Bertz CT molecular complexity index is 790. The monoisotopic (exact) mass is 280 g/mol. The first kappa shape index (κ1) is 13.0. The highest BCUT2D eigenvalue weighted by atomic mass is 16.4. The molecule has 0 aliphatic heterocycles. The zero-order chi connectivity index (χ0) is 14.7. The summed E-state index contributed by atoms with van der Waals surface area (Å²) in [7, 11) is 0. The fourth-order valence-corrected chi connectivity index (χ4v) is 2.04. The second-order valence-electron chi connectivity index (χ2n) is 4.43. The van der Waals surface area contributed by atoms with Crippen LogP contribution in [0, 0.1) is 0 Å². The molecule has 0 unspecified atom stereocenters. The molecule has 0 bridgehead atoms. The molecule has 3 rings (SSSR count). The molecule has 0 radical (unpaired) electrons. The minimum absolute atomic E-state index is 0.0129. The second-order valence-corrected chi connectivity index (χ2v) is 4.43. The van der Waals surface area contributed by atoms with Crippen molar-refractivity contribution in [3.8, 4) is 0 Å². The Morgan fingerprint density at radius 1 is 1.24 bits per heavy atom. The molecule has 0 saturated carbocycles. The van der Waals surface area contributed by atoms with Crippen molar-refractivity contribution in [1.82, 2.24) is 15.0 Å². The average Bonchev–Trinajstić information content (AvgIpc) is 2.53. The summed E-state index contributed by atoms with van der Waals surface area (Å²) in [6.45, 7) is 0.482. The molecule has 2 aromatic heterocycles. The minimum Gasteiger partial charge on any atom is -0.477 e. The third-order valence-electron chi connectivity index (χ3n) is 3.04. The van der Waals surface area contributed by atoms with Crippen molar-refractivity contribution < 1.29 is 9.90 Å². The van der Waals surface area contributed by atoms with E-state index in [1.807, 2.05) is 18.2 Å². The van der Waals surface area contributed by atoms with E-state index in [1.165, 1.54) is 12.4 Å². The van der Waals surface area contributed by atoms with E-state index in [-0.39, 0.29) is 5.69 Å². The molecule has 6 nitrogen and oxygen atoms in total. The van der Waals surface area contributed by atoms with E-state index in [0.29, 0.717) is 12.1 Å². The Morgan fingerprint density at radius 3 is 2.86 bits per heavy atom. The highest BCUT2D eigenvalue weighted by Gasteiger charge is 2.10. The Balaban J connectivity index is 1.98. The number of rotatable bonds is 4. The van der Waals surface area contributed by atoms with Crippen molar-refractivity contribution >= 4 is 22.6 Å². The van der Waals surface area contributed by atoms with Gasteiger partial charge in [-0.1, -0.05) is 18.2 Å². The van der Waals surface area contributed by atoms with Crippen LogP contribution in [0.5, 0.6) is 0 Å². The summed E-state index contributed by atoms with van der Waals surface area (Å²) in [6.07, 6.45) is 3.14. The normalized spacial score (nSPS) is 10.5. The van der Waals surface area contributed by atoms with E-state index < -0.39 is 5.97 Å². The van der Waals surface area contributed by atoms with Gasteiger partial charge >= 0.3 is 5.97 Å². The topological polar surface area (TPSA) is 88.0 Å². The maximum absolute atomic E-state index is 11.2. The van der Waals surface area contributed by atoms with Crippen LogP contribution in [0.3, 0.4) is 0 Å². The van der Waals surface area contributed by atoms with Gasteiger partial charge in [-0.2, -0.15) is 0 Å². The summed E-state index contributed by atoms with van der Waals surface area (Å²) in [5, 5.41) is 13.2. The van der Waals surface area contributed by atoms with E-state index in [9.17, 15) is 4.79 Å².